The second kappa shape index (κ2) is 14.2. The number of nitrogens with one attached hydrogen (secondary N) is 1. The van der Waals surface area contributed by atoms with Crippen LogP contribution in [0.1, 0.15) is 29.8 Å². The van der Waals surface area contributed by atoms with Gasteiger partial charge in [0.15, 0.2) is 16.9 Å². The number of fused-ring (bicyclic) bond motifs is 1. The van der Waals surface area contributed by atoms with Gasteiger partial charge in [-0.1, -0.05) is 71.9 Å². The van der Waals surface area contributed by atoms with Crippen molar-refractivity contribution < 1.29 is 33.5 Å². The number of ether oxygens (including phenoxy) is 2. The minimum atomic E-state index is -0.964. The summed E-state index contributed by atoms with van der Waals surface area (Å²) in [5.41, 5.74) is 7.83. The number of aromatic nitrogens is 1. The van der Waals surface area contributed by atoms with Crippen LogP contribution in [0, 0.1) is 0 Å². The summed E-state index contributed by atoms with van der Waals surface area (Å²) in [6.45, 7) is 1.28. The van der Waals surface area contributed by atoms with Crippen molar-refractivity contribution in [3.63, 3.8) is 0 Å². The number of nitrogens with zero attached hydrogens (tertiary/aromatic N) is 3. The van der Waals surface area contributed by atoms with Gasteiger partial charge in [0.25, 0.3) is 11.8 Å². The molecular weight excluding hydrogens is 619 g/mol. The van der Waals surface area contributed by atoms with Crippen molar-refractivity contribution in [3.8, 4) is 0 Å². The summed E-state index contributed by atoms with van der Waals surface area (Å²) in [5, 5.41) is 7.67. The maximum Gasteiger partial charge on any atom is 0.356 e. The number of oxime groups is 1. The molecule has 1 saturated heterocycles. The molecule has 14 heteroatoms. The van der Waals surface area contributed by atoms with E-state index in [9.17, 15) is 19.2 Å². The lowest BCUT2D eigenvalue weighted by Gasteiger charge is -2.49. The number of nitrogen functional groups attached to an aromatic ring is 1. The minimum Gasteiger partial charge on any atom is -0.462 e. The molecule has 2 aromatic carbocycles. The number of esters is 2. The fourth-order valence-electron chi connectivity index (χ4n) is 4.76. The van der Waals surface area contributed by atoms with Crippen molar-refractivity contribution in [1.82, 2.24) is 15.2 Å². The van der Waals surface area contributed by atoms with Crippen molar-refractivity contribution in [2.45, 2.75) is 24.4 Å². The van der Waals surface area contributed by atoms with Crippen LogP contribution in [0.2, 0.25) is 0 Å². The first-order valence-corrected chi connectivity index (χ1v) is 15.6. The zero-order chi connectivity index (χ0) is 31.9. The Hall–Kier alpha value is -4.95. The fourth-order valence-corrected chi connectivity index (χ4v) is 6.63. The van der Waals surface area contributed by atoms with Crippen LogP contribution in [-0.2, 0) is 33.5 Å². The highest BCUT2D eigenvalue weighted by Gasteiger charge is 2.54. The van der Waals surface area contributed by atoms with Crippen molar-refractivity contribution in [2.75, 3.05) is 25.2 Å². The summed E-state index contributed by atoms with van der Waals surface area (Å²) in [4.78, 5) is 62.3. The van der Waals surface area contributed by atoms with E-state index in [0.29, 0.717) is 11.3 Å². The number of benzene rings is 2. The molecule has 3 heterocycles. The Labute approximate surface area is 266 Å². The average Bonchev–Trinajstić information content (AvgIpc) is 3.48. The molecular formula is C31H29N5O7S2. The maximum atomic E-state index is 14.0. The molecule has 5 rings (SSSR count). The summed E-state index contributed by atoms with van der Waals surface area (Å²) in [5.74, 6) is -2.06. The first-order valence-electron chi connectivity index (χ1n) is 13.7. The minimum absolute atomic E-state index is 0.0126. The second-order valence-corrected chi connectivity index (χ2v) is 11.7. The van der Waals surface area contributed by atoms with E-state index in [2.05, 4.69) is 15.5 Å². The lowest BCUT2D eigenvalue weighted by atomic mass is 10.0. The van der Waals surface area contributed by atoms with Gasteiger partial charge < -0.3 is 25.4 Å². The highest BCUT2D eigenvalue weighted by molar-refractivity contribution is 8.00. The summed E-state index contributed by atoms with van der Waals surface area (Å²) >= 11 is 2.49. The van der Waals surface area contributed by atoms with Gasteiger partial charge in [0.2, 0.25) is 0 Å². The first-order chi connectivity index (χ1) is 21.8. The highest BCUT2D eigenvalue weighted by atomic mass is 32.2. The van der Waals surface area contributed by atoms with E-state index < -0.39 is 41.3 Å². The third kappa shape index (κ3) is 7.07. The Bertz CT molecular complexity index is 1630. The number of carbonyl (C=O) groups is 4. The Balaban J connectivity index is 1.43. The van der Waals surface area contributed by atoms with Crippen molar-refractivity contribution >= 4 is 57.7 Å². The predicted molar refractivity (Wildman–Crippen MR) is 169 cm³/mol. The van der Waals surface area contributed by atoms with Crippen molar-refractivity contribution in [1.29, 1.82) is 0 Å². The Morgan fingerprint density at radius 3 is 2.38 bits per heavy atom. The topological polar surface area (TPSA) is 163 Å². The second-order valence-electron chi connectivity index (χ2n) is 9.74. The number of anilines is 1. The molecule has 0 radical (unpaired) electrons. The largest absolute Gasteiger partial charge is 0.462 e. The SMILES string of the molecule is CO/N=C(\C(=O)NC1C(=O)N2C(C(=O)OC(c3ccccc3)c3ccccc3)=C(/C=C\COC(C)=O)CSC12)c1csc(N)n1. The molecule has 0 spiro atoms. The molecule has 2 amide bonds. The van der Waals surface area contributed by atoms with Gasteiger partial charge in [-0.25, -0.2) is 9.78 Å². The van der Waals surface area contributed by atoms with Gasteiger partial charge in [-0.15, -0.1) is 23.1 Å². The summed E-state index contributed by atoms with van der Waals surface area (Å²) in [7, 11) is 1.29. The van der Waals surface area contributed by atoms with Gasteiger partial charge in [-0.05, 0) is 22.8 Å². The van der Waals surface area contributed by atoms with Gasteiger partial charge >= 0.3 is 11.9 Å². The summed E-state index contributed by atoms with van der Waals surface area (Å²) in [6.07, 6.45) is 2.47. The third-order valence-electron chi connectivity index (χ3n) is 6.77. The molecule has 45 heavy (non-hydrogen) atoms. The molecule has 2 unspecified atom stereocenters. The van der Waals surface area contributed by atoms with E-state index in [0.717, 1.165) is 22.5 Å². The molecule has 0 aliphatic carbocycles. The predicted octanol–water partition coefficient (Wildman–Crippen LogP) is 3.18. The van der Waals surface area contributed by atoms with Gasteiger partial charge in [0.1, 0.15) is 36.5 Å². The van der Waals surface area contributed by atoms with Crippen LogP contribution in [0.3, 0.4) is 0 Å². The maximum absolute atomic E-state index is 14.0. The van der Waals surface area contributed by atoms with E-state index in [-0.39, 0.29) is 28.8 Å². The number of carbonyl (C=O) groups excluding carboxylic acids is 4. The molecule has 0 bridgehead atoms. The number of β-lactam (4-membered cyclic amide) rings is 1. The average molecular weight is 648 g/mol. The van der Waals surface area contributed by atoms with E-state index in [1.807, 2.05) is 60.7 Å². The van der Waals surface area contributed by atoms with Gasteiger partial charge in [0, 0.05) is 18.1 Å². The molecule has 3 N–H and O–H groups in total. The molecule has 3 aromatic rings. The fraction of sp³-hybridized carbons (Fsp3) is 0.226. The number of rotatable bonds is 11. The molecule has 2 atom stereocenters. The quantitative estimate of drug-likeness (QED) is 0.137. The summed E-state index contributed by atoms with van der Waals surface area (Å²) < 4.78 is 11.1. The number of amides is 2. The Kier molecular flexibility index (Phi) is 9.95. The van der Waals surface area contributed by atoms with E-state index in [1.165, 1.54) is 30.7 Å². The molecule has 2 aliphatic heterocycles. The van der Waals surface area contributed by atoms with Crippen LogP contribution >= 0.6 is 23.1 Å². The van der Waals surface area contributed by atoms with Crippen molar-refractivity contribution in [2.24, 2.45) is 5.16 Å². The number of thioether (sulfide) groups is 1. The molecule has 232 valence electrons. The van der Waals surface area contributed by atoms with Gasteiger partial charge in [0.05, 0.1) is 0 Å². The summed E-state index contributed by atoms with van der Waals surface area (Å²) in [6, 6.07) is 17.6. The zero-order valence-corrected chi connectivity index (χ0v) is 25.9. The van der Waals surface area contributed by atoms with E-state index in [1.54, 1.807) is 17.5 Å². The standard InChI is InChI=1S/C31H29N5O7S2/c1-18(37)42-15-9-14-21-16-44-29-24(34-27(38)23(35-41-2)22-17-45-31(32)33-22)28(39)36(29)25(21)30(40)43-26(19-10-5-3-6-11-19)20-12-7-4-8-13-20/h3-14,17,24,26,29H,15-16H2,1-2H3,(H2,32,33)(H,34,38)/b14-9-,35-23-. The lowest BCUT2D eigenvalue weighted by Crippen LogP contribution is -2.71. The molecule has 12 nitrogen and oxygen atoms in total. The normalized spacial score (nSPS) is 18.0. The van der Waals surface area contributed by atoms with Crippen molar-refractivity contribution in [3.05, 3.63) is 106 Å². The Morgan fingerprint density at radius 2 is 1.80 bits per heavy atom. The van der Waals surface area contributed by atoms with Gasteiger partial charge in [-0.2, -0.15) is 0 Å². The van der Waals surface area contributed by atoms with Crippen LogP contribution in [0.4, 0.5) is 5.13 Å². The molecule has 1 aromatic heterocycles. The molecule has 0 saturated carbocycles. The smallest absolute Gasteiger partial charge is 0.356 e. The molecule has 2 aliphatic rings. The van der Waals surface area contributed by atoms with Crippen LogP contribution < -0.4 is 11.1 Å². The highest BCUT2D eigenvalue weighted by Crippen LogP contribution is 2.42. The van der Waals surface area contributed by atoms with Crippen LogP contribution in [0.15, 0.2) is 94.6 Å². The van der Waals surface area contributed by atoms with Crippen LogP contribution in [-0.4, -0.2) is 70.2 Å². The number of nitrogens with two attached hydrogens (primary N) is 1. The van der Waals surface area contributed by atoms with Gasteiger partial charge in [-0.3, -0.25) is 19.3 Å². The monoisotopic (exact) mass is 647 g/mol. The number of hydrogen-bond acceptors (Lipinski definition) is 12. The number of thiazole rings is 1. The number of hydrogen-bond donors (Lipinski definition) is 2. The number of allylic oxidation sites excluding steroid dienone is 1. The first kappa shape index (κ1) is 31.5. The van der Waals surface area contributed by atoms with E-state index >= 15 is 0 Å². The van der Waals surface area contributed by atoms with Crippen LogP contribution in [0.25, 0.3) is 0 Å². The third-order valence-corrected chi connectivity index (χ3v) is 8.75. The zero-order valence-electron chi connectivity index (χ0n) is 24.2. The molecule has 1 fully saturated rings. The lowest BCUT2D eigenvalue weighted by molar-refractivity contribution is -0.154. The van der Waals surface area contributed by atoms with E-state index in [4.69, 9.17) is 20.0 Å². The van der Waals surface area contributed by atoms with Crippen LogP contribution in [0.5, 0.6) is 0 Å². The Morgan fingerprint density at radius 1 is 1.13 bits per heavy atom.